The fourth-order valence-corrected chi connectivity index (χ4v) is 4.55. The number of nitrogens with zero attached hydrogens (tertiary/aromatic N) is 2. The Kier molecular flexibility index (Phi) is 6.24. The number of benzene rings is 2. The molecule has 0 unspecified atom stereocenters. The largest absolute Gasteiger partial charge is 0.465 e. The summed E-state index contributed by atoms with van der Waals surface area (Å²) in [6.45, 7) is 10.0. The Balaban J connectivity index is 1.87. The third-order valence-corrected chi connectivity index (χ3v) is 6.64. The Morgan fingerprint density at radius 2 is 1.56 bits per heavy atom. The van der Waals surface area contributed by atoms with E-state index in [2.05, 4.69) is 42.7 Å². The maximum absolute atomic E-state index is 13.4. The maximum Gasteiger partial charge on any atom is 0.343 e. The second kappa shape index (κ2) is 8.99. The Bertz CT molecular complexity index is 1380. The molecule has 5 nitrogen and oxygen atoms in total. The van der Waals surface area contributed by atoms with Crippen molar-refractivity contribution in [1.29, 1.82) is 0 Å². The van der Waals surface area contributed by atoms with Crippen LogP contribution < -0.4 is 4.90 Å². The summed E-state index contributed by atoms with van der Waals surface area (Å²) in [6.07, 6.45) is 1.84. The van der Waals surface area contributed by atoms with Crippen molar-refractivity contribution in [2.45, 2.75) is 34.6 Å². The zero-order valence-corrected chi connectivity index (χ0v) is 20.9. The average molecular weight is 475 g/mol. The second-order valence-electron chi connectivity index (χ2n) is 8.55. The molecule has 1 aliphatic rings. The number of aromatic nitrogens is 1. The van der Waals surface area contributed by atoms with E-state index in [1.54, 1.807) is 24.0 Å². The highest BCUT2D eigenvalue weighted by Crippen LogP contribution is 2.37. The van der Waals surface area contributed by atoms with Gasteiger partial charge in [0.25, 0.3) is 0 Å². The van der Waals surface area contributed by atoms with Crippen molar-refractivity contribution in [2.24, 2.45) is 0 Å². The molecule has 4 rings (SSSR count). The molecule has 3 aromatic rings. The van der Waals surface area contributed by atoms with Crippen LogP contribution in [0.4, 0.5) is 5.69 Å². The number of methoxy groups -OCH3 is 1. The molecule has 0 radical (unpaired) electrons. The van der Waals surface area contributed by atoms with Gasteiger partial charge in [0, 0.05) is 33.5 Å². The van der Waals surface area contributed by atoms with Gasteiger partial charge in [-0.3, -0.25) is 4.79 Å². The van der Waals surface area contributed by atoms with E-state index in [1.807, 2.05) is 32.1 Å². The number of rotatable bonds is 4. The van der Waals surface area contributed by atoms with Crippen molar-refractivity contribution >= 4 is 35.1 Å². The summed E-state index contributed by atoms with van der Waals surface area (Å²) in [5.74, 6) is -1.01. The first-order chi connectivity index (χ1) is 16.1. The SMILES string of the molecule is COC(=O)C1=C(C)N(c2ccc(Cl)cc2)/C(=C\c2cc(C)n(-c3ccc(C)c(C)c3)c2C)C1=O. The lowest BCUT2D eigenvalue weighted by Gasteiger charge is -2.21. The van der Waals surface area contributed by atoms with E-state index in [9.17, 15) is 9.59 Å². The molecule has 174 valence electrons. The minimum absolute atomic E-state index is 0.0340. The number of allylic oxidation sites excluding steroid dienone is 2. The Morgan fingerprint density at radius 3 is 2.18 bits per heavy atom. The first-order valence-corrected chi connectivity index (χ1v) is 11.4. The number of hydrogen-bond acceptors (Lipinski definition) is 4. The number of hydrogen-bond donors (Lipinski definition) is 0. The highest BCUT2D eigenvalue weighted by Gasteiger charge is 2.38. The number of halogens is 1. The van der Waals surface area contributed by atoms with Gasteiger partial charge >= 0.3 is 5.97 Å². The number of carbonyl (C=O) groups excluding carboxylic acids is 2. The lowest BCUT2D eigenvalue weighted by Crippen LogP contribution is -2.18. The van der Waals surface area contributed by atoms with Crippen LogP contribution in [0.5, 0.6) is 0 Å². The first kappa shape index (κ1) is 23.6. The van der Waals surface area contributed by atoms with Crippen LogP contribution in [0.25, 0.3) is 11.8 Å². The summed E-state index contributed by atoms with van der Waals surface area (Å²) in [6, 6.07) is 15.6. The highest BCUT2D eigenvalue weighted by atomic mass is 35.5. The molecule has 0 N–H and O–H groups in total. The van der Waals surface area contributed by atoms with Crippen LogP contribution in [0.1, 0.15) is 35.0 Å². The molecule has 0 spiro atoms. The number of anilines is 1. The van der Waals surface area contributed by atoms with Crippen LogP contribution in [-0.2, 0) is 14.3 Å². The molecule has 0 atom stereocenters. The van der Waals surface area contributed by atoms with Gasteiger partial charge in [0.1, 0.15) is 5.57 Å². The van der Waals surface area contributed by atoms with Gasteiger partial charge in [-0.05, 0) is 99.8 Å². The van der Waals surface area contributed by atoms with E-state index in [4.69, 9.17) is 16.3 Å². The van der Waals surface area contributed by atoms with Crippen molar-refractivity contribution in [3.63, 3.8) is 0 Å². The standard InChI is InChI=1S/C28H27ClN2O3/c1-16-7-10-24(13-17(16)2)30-18(3)14-21(19(30)4)15-25-27(32)26(28(33)34-6)20(5)31(25)23-11-8-22(29)9-12-23/h7-15H,1-6H3/b25-15-. The number of ether oxygens (including phenoxy) is 1. The molecule has 0 aliphatic carbocycles. The number of Topliss-reactive ketones (excluding diaryl/α,β-unsaturated/α-hetero) is 1. The number of aryl methyl sites for hydroxylation is 3. The fraction of sp³-hybridized carbons (Fsp3) is 0.214. The molecule has 0 bridgehead atoms. The second-order valence-corrected chi connectivity index (χ2v) is 8.99. The van der Waals surface area contributed by atoms with Crippen LogP contribution in [-0.4, -0.2) is 23.4 Å². The number of carbonyl (C=O) groups is 2. The zero-order valence-electron chi connectivity index (χ0n) is 20.2. The Labute approximate surface area is 204 Å². The van der Waals surface area contributed by atoms with Crippen molar-refractivity contribution in [2.75, 3.05) is 12.0 Å². The summed E-state index contributed by atoms with van der Waals surface area (Å²) in [4.78, 5) is 27.7. The van der Waals surface area contributed by atoms with E-state index in [0.29, 0.717) is 16.4 Å². The molecule has 2 heterocycles. The molecule has 34 heavy (non-hydrogen) atoms. The molecule has 1 aromatic heterocycles. The van der Waals surface area contributed by atoms with Gasteiger partial charge in [0.2, 0.25) is 5.78 Å². The third-order valence-electron chi connectivity index (χ3n) is 6.38. The summed E-state index contributed by atoms with van der Waals surface area (Å²) >= 11 is 6.08. The molecule has 0 amide bonds. The Morgan fingerprint density at radius 1 is 0.912 bits per heavy atom. The zero-order chi connectivity index (χ0) is 24.7. The molecule has 0 fully saturated rings. The van der Waals surface area contributed by atoms with E-state index in [0.717, 1.165) is 28.3 Å². The summed E-state index contributed by atoms with van der Waals surface area (Å²) in [7, 11) is 1.28. The first-order valence-electron chi connectivity index (χ1n) is 11.0. The fourth-order valence-electron chi connectivity index (χ4n) is 4.42. The smallest absolute Gasteiger partial charge is 0.343 e. The minimum Gasteiger partial charge on any atom is -0.465 e. The molecule has 2 aromatic carbocycles. The van der Waals surface area contributed by atoms with Crippen molar-refractivity contribution in [3.05, 3.63) is 98.6 Å². The number of esters is 1. The minimum atomic E-state index is -0.648. The van der Waals surface area contributed by atoms with Crippen LogP contribution in [0, 0.1) is 27.7 Å². The molecule has 6 heteroatoms. The van der Waals surface area contributed by atoms with Gasteiger partial charge in [0.15, 0.2) is 0 Å². The molecule has 0 saturated carbocycles. The quantitative estimate of drug-likeness (QED) is 0.255. The van der Waals surface area contributed by atoms with Crippen LogP contribution >= 0.6 is 11.6 Å². The predicted molar refractivity (Wildman–Crippen MR) is 136 cm³/mol. The molecular formula is C28H27ClN2O3. The van der Waals surface area contributed by atoms with Gasteiger partial charge < -0.3 is 14.2 Å². The predicted octanol–water partition coefficient (Wildman–Crippen LogP) is 6.24. The lowest BCUT2D eigenvalue weighted by atomic mass is 10.1. The third kappa shape index (κ3) is 3.97. The summed E-state index contributed by atoms with van der Waals surface area (Å²) in [5.41, 5.74) is 8.16. The van der Waals surface area contributed by atoms with Crippen LogP contribution in [0.15, 0.2) is 65.5 Å². The molecule has 1 aliphatic heterocycles. The van der Waals surface area contributed by atoms with E-state index in [1.165, 1.54) is 18.2 Å². The van der Waals surface area contributed by atoms with Crippen LogP contribution in [0.3, 0.4) is 0 Å². The van der Waals surface area contributed by atoms with Crippen molar-refractivity contribution in [3.8, 4) is 5.69 Å². The topological polar surface area (TPSA) is 51.5 Å². The highest BCUT2D eigenvalue weighted by molar-refractivity contribution is 6.31. The number of ketones is 1. The lowest BCUT2D eigenvalue weighted by molar-refractivity contribution is -0.137. The van der Waals surface area contributed by atoms with E-state index >= 15 is 0 Å². The Hall–Kier alpha value is -3.57. The van der Waals surface area contributed by atoms with Gasteiger partial charge in [-0.2, -0.15) is 0 Å². The van der Waals surface area contributed by atoms with Gasteiger partial charge in [-0.1, -0.05) is 17.7 Å². The van der Waals surface area contributed by atoms with Gasteiger partial charge in [0.05, 0.1) is 12.8 Å². The summed E-state index contributed by atoms with van der Waals surface area (Å²) in [5, 5.41) is 0.589. The van der Waals surface area contributed by atoms with E-state index in [-0.39, 0.29) is 11.4 Å². The van der Waals surface area contributed by atoms with Crippen molar-refractivity contribution in [1.82, 2.24) is 4.57 Å². The van der Waals surface area contributed by atoms with E-state index < -0.39 is 5.97 Å². The van der Waals surface area contributed by atoms with Gasteiger partial charge in [-0.15, -0.1) is 0 Å². The summed E-state index contributed by atoms with van der Waals surface area (Å²) < 4.78 is 7.08. The van der Waals surface area contributed by atoms with Gasteiger partial charge in [-0.25, -0.2) is 4.79 Å². The van der Waals surface area contributed by atoms with Crippen molar-refractivity contribution < 1.29 is 14.3 Å². The normalized spacial score (nSPS) is 15.0. The monoisotopic (exact) mass is 474 g/mol. The molecule has 0 saturated heterocycles. The average Bonchev–Trinajstić information content (AvgIpc) is 3.22. The maximum atomic E-state index is 13.4. The van der Waals surface area contributed by atoms with Crippen LogP contribution in [0.2, 0.25) is 5.02 Å². The molecular weight excluding hydrogens is 448 g/mol.